The number of rotatable bonds is 0. The van der Waals surface area contributed by atoms with Gasteiger partial charge in [-0.25, -0.2) is 9.89 Å². The van der Waals surface area contributed by atoms with Gasteiger partial charge in [-0.05, 0) is 11.5 Å². The van der Waals surface area contributed by atoms with E-state index < -0.39 is 5.69 Å². The van der Waals surface area contributed by atoms with Crippen LogP contribution in [-0.4, -0.2) is 15.2 Å². The van der Waals surface area contributed by atoms with E-state index in [0.29, 0.717) is 5.52 Å². The van der Waals surface area contributed by atoms with Gasteiger partial charge in [-0.2, -0.15) is 10.1 Å². The summed E-state index contributed by atoms with van der Waals surface area (Å²) < 4.78 is 0. The molecule has 0 aliphatic heterocycles. The Morgan fingerprint density at radius 1 is 1.07 bits per heavy atom. The quantitative estimate of drug-likeness (QED) is 0.555. The summed E-state index contributed by atoms with van der Waals surface area (Å²) >= 11 is 0. The van der Waals surface area contributed by atoms with Gasteiger partial charge >= 0.3 is 5.69 Å². The van der Waals surface area contributed by atoms with E-state index in [9.17, 15) is 4.79 Å². The normalized spacial score (nSPS) is 10.9. The summed E-state index contributed by atoms with van der Waals surface area (Å²) in [7, 11) is 0. The third kappa shape index (κ3) is 1.19. The zero-order chi connectivity index (χ0) is 10.3. The molecule has 0 amide bonds. The van der Waals surface area contributed by atoms with Crippen molar-refractivity contribution in [2.75, 3.05) is 0 Å². The van der Waals surface area contributed by atoms with Gasteiger partial charge in [0.15, 0.2) is 0 Å². The van der Waals surface area contributed by atoms with Crippen LogP contribution in [0.1, 0.15) is 0 Å². The van der Waals surface area contributed by atoms with E-state index in [4.69, 9.17) is 0 Å². The summed E-state index contributed by atoms with van der Waals surface area (Å²) in [5.74, 6) is 0. The van der Waals surface area contributed by atoms with Crippen LogP contribution in [0.25, 0.3) is 21.8 Å². The monoisotopic (exact) mass is 197 g/mol. The van der Waals surface area contributed by atoms with Gasteiger partial charge in [-0.3, -0.25) is 0 Å². The molecule has 0 unspecified atom stereocenters. The lowest BCUT2D eigenvalue weighted by Crippen LogP contribution is -2.11. The molecule has 0 saturated carbocycles. The van der Waals surface area contributed by atoms with Gasteiger partial charge in [0.1, 0.15) is 5.52 Å². The molecular weight excluding hydrogens is 190 g/mol. The second-order valence-electron chi connectivity index (χ2n) is 3.29. The number of aromatic nitrogens is 3. The van der Waals surface area contributed by atoms with Gasteiger partial charge in [-0.1, -0.05) is 30.3 Å². The SMILES string of the molecule is O=c1nc2ccc3ccccc3c2n[nH]1. The number of hydrogen-bond donors (Lipinski definition) is 1. The molecule has 72 valence electrons. The summed E-state index contributed by atoms with van der Waals surface area (Å²) in [6.07, 6.45) is 0. The van der Waals surface area contributed by atoms with Crippen LogP contribution in [0.15, 0.2) is 41.2 Å². The van der Waals surface area contributed by atoms with Crippen molar-refractivity contribution in [3.63, 3.8) is 0 Å². The van der Waals surface area contributed by atoms with Gasteiger partial charge in [0.25, 0.3) is 0 Å². The highest BCUT2D eigenvalue weighted by Crippen LogP contribution is 2.20. The van der Waals surface area contributed by atoms with Crippen LogP contribution in [0.4, 0.5) is 0 Å². The molecule has 0 aliphatic carbocycles. The Morgan fingerprint density at radius 3 is 2.87 bits per heavy atom. The Bertz CT molecular complexity index is 703. The molecule has 1 N–H and O–H groups in total. The standard InChI is InChI=1S/C11H7N3O/c15-11-12-9-6-5-7-3-1-2-4-8(7)10(9)13-14-11/h1-6H,(H,12,14,15). The molecule has 3 rings (SSSR count). The minimum absolute atomic E-state index is 0.419. The number of nitrogens with one attached hydrogen (secondary N) is 1. The van der Waals surface area contributed by atoms with Crippen LogP contribution in [0.5, 0.6) is 0 Å². The van der Waals surface area contributed by atoms with Crippen LogP contribution in [0, 0.1) is 0 Å². The van der Waals surface area contributed by atoms with Gasteiger partial charge in [0, 0.05) is 5.39 Å². The number of hydrogen-bond acceptors (Lipinski definition) is 3. The molecule has 1 heterocycles. The van der Waals surface area contributed by atoms with Crippen molar-refractivity contribution in [1.29, 1.82) is 0 Å². The van der Waals surface area contributed by atoms with Gasteiger partial charge in [0.05, 0.1) is 5.52 Å². The van der Waals surface area contributed by atoms with Crippen LogP contribution < -0.4 is 5.69 Å². The second-order valence-corrected chi connectivity index (χ2v) is 3.29. The average Bonchev–Trinajstić information content (AvgIpc) is 2.28. The minimum atomic E-state index is -0.419. The molecular formula is C11H7N3O. The largest absolute Gasteiger partial charge is 0.361 e. The molecule has 0 fully saturated rings. The molecule has 3 aromatic rings. The predicted octanol–water partition coefficient (Wildman–Crippen LogP) is 1.47. The summed E-state index contributed by atoms with van der Waals surface area (Å²) in [4.78, 5) is 14.8. The van der Waals surface area contributed by atoms with Crippen LogP contribution in [0.2, 0.25) is 0 Å². The second kappa shape index (κ2) is 2.88. The Morgan fingerprint density at radius 2 is 1.93 bits per heavy atom. The third-order valence-corrected chi connectivity index (χ3v) is 2.36. The van der Waals surface area contributed by atoms with Crippen LogP contribution >= 0.6 is 0 Å². The first-order chi connectivity index (χ1) is 7.34. The van der Waals surface area contributed by atoms with Crippen molar-refractivity contribution < 1.29 is 0 Å². The van der Waals surface area contributed by atoms with Crippen LogP contribution in [0.3, 0.4) is 0 Å². The molecule has 1 aromatic heterocycles. The molecule has 0 spiro atoms. The number of aromatic amines is 1. The summed E-state index contributed by atoms with van der Waals surface area (Å²) in [5.41, 5.74) is 0.933. The number of fused-ring (bicyclic) bond motifs is 3. The van der Waals surface area contributed by atoms with Crippen molar-refractivity contribution in [3.8, 4) is 0 Å². The van der Waals surface area contributed by atoms with Crippen molar-refractivity contribution in [1.82, 2.24) is 15.2 Å². The van der Waals surface area contributed by atoms with E-state index in [1.54, 1.807) is 6.07 Å². The molecule has 2 aromatic carbocycles. The van der Waals surface area contributed by atoms with E-state index in [2.05, 4.69) is 15.2 Å². The number of nitrogens with zero attached hydrogens (tertiary/aromatic N) is 2. The highest BCUT2D eigenvalue weighted by molar-refractivity contribution is 6.03. The lowest BCUT2D eigenvalue weighted by atomic mass is 10.1. The van der Waals surface area contributed by atoms with E-state index in [0.717, 1.165) is 16.3 Å². The first-order valence-corrected chi connectivity index (χ1v) is 4.59. The zero-order valence-corrected chi connectivity index (χ0v) is 7.77. The molecule has 0 bridgehead atoms. The maximum Gasteiger partial charge on any atom is 0.361 e. The smallest absolute Gasteiger partial charge is 0.244 e. The molecule has 15 heavy (non-hydrogen) atoms. The Kier molecular flexibility index (Phi) is 1.56. The van der Waals surface area contributed by atoms with Crippen molar-refractivity contribution in [3.05, 3.63) is 46.9 Å². The van der Waals surface area contributed by atoms with Gasteiger partial charge < -0.3 is 0 Å². The van der Waals surface area contributed by atoms with E-state index in [1.807, 2.05) is 30.3 Å². The highest BCUT2D eigenvalue weighted by atomic mass is 16.1. The maximum absolute atomic E-state index is 11.0. The molecule has 4 nitrogen and oxygen atoms in total. The summed E-state index contributed by atoms with van der Waals surface area (Å²) in [6.45, 7) is 0. The Balaban J connectivity index is 2.60. The fourth-order valence-electron chi connectivity index (χ4n) is 1.69. The summed E-state index contributed by atoms with van der Waals surface area (Å²) in [6, 6.07) is 11.6. The Hall–Kier alpha value is -2.23. The topological polar surface area (TPSA) is 58.6 Å². The maximum atomic E-state index is 11.0. The van der Waals surface area contributed by atoms with Gasteiger partial charge in [0.2, 0.25) is 0 Å². The van der Waals surface area contributed by atoms with Crippen LogP contribution in [-0.2, 0) is 0 Å². The first-order valence-electron chi connectivity index (χ1n) is 4.59. The Labute approximate surface area is 84.6 Å². The first kappa shape index (κ1) is 8.11. The average molecular weight is 197 g/mol. The highest BCUT2D eigenvalue weighted by Gasteiger charge is 2.02. The summed E-state index contributed by atoms with van der Waals surface area (Å²) in [5, 5.41) is 8.45. The fourth-order valence-corrected chi connectivity index (χ4v) is 1.69. The lowest BCUT2D eigenvalue weighted by Gasteiger charge is -1.99. The number of benzene rings is 2. The van der Waals surface area contributed by atoms with E-state index >= 15 is 0 Å². The third-order valence-electron chi connectivity index (χ3n) is 2.36. The molecule has 0 aliphatic rings. The fraction of sp³-hybridized carbons (Fsp3) is 0. The van der Waals surface area contributed by atoms with E-state index in [1.165, 1.54) is 0 Å². The zero-order valence-electron chi connectivity index (χ0n) is 7.77. The molecule has 0 saturated heterocycles. The minimum Gasteiger partial charge on any atom is -0.244 e. The number of H-pyrrole nitrogens is 1. The van der Waals surface area contributed by atoms with E-state index in [-0.39, 0.29) is 0 Å². The predicted molar refractivity (Wildman–Crippen MR) is 57.7 cm³/mol. The molecule has 0 radical (unpaired) electrons. The lowest BCUT2D eigenvalue weighted by molar-refractivity contribution is 0.964. The van der Waals surface area contributed by atoms with Crippen molar-refractivity contribution in [2.45, 2.75) is 0 Å². The molecule has 4 heteroatoms. The molecule has 0 atom stereocenters. The van der Waals surface area contributed by atoms with Gasteiger partial charge in [-0.15, -0.1) is 0 Å². The van der Waals surface area contributed by atoms with Crippen molar-refractivity contribution in [2.24, 2.45) is 0 Å². The van der Waals surface area contributed by atoms with Crippen molar-refractivity contribution >= 4 is 21.8 Å².